The number of benzene rings is 1. The molecule has 0 saturated heterocycles. The van der Waals surface area contributed by atoms with Gasteiger partial charge in [-0.15, -0.1) is 0 Å². The summed E-state index contributed by atoms with van der Waals surface area (Å²) in [7, 11) is 1.95. The maximum atomic E-state index is 13.2. The standard InChI is InChI=1S/C11H12FN/c1-7-4-9-5-8(2)13(3)11(9)6-10(7)12/h4-6H,1-3H3. The first-order valence-electron chi connectivity index (χ1n) is 4.32. The van der Waals surface area contributed by atoms with Crippen LogP contribution in [0.25, 0.3) is 10.9 Å². The van der Waals surface area contributed by atoms with Gasteiger partial charge in [0.2, 0.25) is 0 Å². The molecule has 0 aliphatic rings. The van der Waals surface area contributed by atoms with Crippen molar-refractivity contribution in [2.75, 3.05) is 0 Å². The Morgan fingerprint density at radius 1 is 1.15 bits per heavy atom. The molecule has 1 heterocycles. The Hall–Kier alpha value is -1.31. The molecule has 0 unspecified atom stereocenters. The van der Waals surface area contributed by atoms with E-state index in [1.165, 1.54) is 0 Å². The van der Waals surface area contributed by atoms with Crippen molar-refractivity contribution in [3.63, 3.8) is 0 Å². The molecule has 1 nitrogen and oxygen atoms in total. The van der Waals surface area contributed by atoms with E-state index in [1.807, 2.05) is 24.6 Å². The molecule has 0 bridgehead atoms. The highest BCUT2D eigenvalue weighted by Gasteiger charge is 2.05. The average molecular weight is 177 g/mol. The number of halogens is 1. The zero-order chi connectivity index (χ0) is 9.59. The minimum absolute atomic E-state index is 0.131. The normalized spacial score (nSPS) is 11.1. The second kappa shape index (κ2) is 2.59. The number of hydrogen-bond acceptors (Lipinski definition) is 0. The Morgan fingerprint density at radius 2 is 1.85 bits per heavy atom. The van der Waals surface area contributed by atoms with Gasteiger partial charge in [-0.25, -0.2) is 4.39 Å². The summed E-state index contributed by atoms with van der Waals surface area (Å²) in [5.74, 6) is -0.131. The molecule has 0 spiro atoms. The van der Waals surface area contributed by atoms with Gasteiger partial charge in [0.25, 0.3) is 0 Å². The third kappa shape index (κ3) is 1.13. The van der Waals surface area contributed by atoms with Crippen molar-refractivity contribution in [3.8, 4) is 0 Å². The van der Waals surface area contributed by atoms with Crippen molar-refractivity contribution in [1.82, 2.24) is 4.57 Å². The summed E-state index contributed by atoms with van der Waals surface area (Å²) in [4.78, 5) is 0. The van der Waals surface area contributed by atoms with Crippen LogP contribution in [0.2, 0.25) is 0 Å². The molecule has 13 heavy (non-hydrogen) atoms. The molecular formula is C11H12FN. The van der Waals surface area contributed by atoms with E-state index in [2.05, 4.69) is 6.07 Å². The van der Waals surface area contributed by atoms with Crippen LogP contribution in [0.4, 0.5) is 4.39 Å². The summed E-state index contributed by atoms with van der Waals surface area (Å²) in [6.07, 6.45) is 0. The molecule has 2 heteroatoms. The molecule has 0 atom stereocenters. The third-order valence-corrected chi connectivity index (χ3v) is 2.56. The Bertz CT molecular complexity index is 468. The number of aromatic nitrogens is 1. The summed E-state index contributed by atoms with van der Waals surface area (Å²) < 4.78 is 15.2. The first kappa shape index (κ1) is 8.30. The number of hydrogen-bond donors (Lipinski definition) is 0. The third-order valence-electron chi connectivity index (χ3n) is 2.56. The minimum Gasteiger partial charge on any atom is -0.348 e. The Kier molecular flexibility index (Phi) is 1.65. The molecule has 2 aromatic rings. The molecule has 0 fully saturated rings. The Labute approximate surface area is 76.8 Å². The van der Waals surface area contributed by atoms with Crippen LogP contribution in [0, 0.1) is 19.7 Å². The maximum Gasteiger partial charge on any atom is 0.128 e. The predicted octanol–water partition coefficient (Wildman–Crippen LogP) is 2.93. The lowest BCUT2D eigenvalue weighted by atomic mass is 10.1. The largest absolute Gasteiger partial charge is 0.348 e. The lowest BCUT2D eigenvalue weighted by Gasteiger charge is -2.00. The second-order valence-electron chi connectivity index (χ2n) is 3.50. The van der Waals surface area contributed by atoms with E-state index < -0.39 is 0 Å². The summed E-state index contributed by atoms with van der Waals surface area (Å²) in [6.45, 7) is 3.81. The van der Waals surface area contributed by atoms with Crippen molar-refractivity contribution < 1.29 is 4.39 Å². The monoisotopic (exact) mass is 177 g/mol. The number of fused-ring (bicyclic) bond motifs is 1. The molecule has 1 aromatic heterocycles. The fraction of sp³-hybridized carbons (Fsp3) is 0.273. The van der Waals surface area contributed by atoms with E-state index in [0.717, 1.165) is 16.6 Å². The topological polar surface area (TPSA) is 4.93 Å². The smallest absolute Gasteiger partial charge is 0.128 e. The van der Waals surface area contributed by atoms with Crippen LogP contribution in [-0.4, -0.2) is 4.57 Å². The number of aryl methyl sites for hydroxylation is 3. The highest BCUT2D eigenvalue weighted by molar-refractivity contribution is 5.82. The lowest BCUT2D eigenvalue weighted by molar-refractivity contribution is 0.619. The van der Waals surface area contributed by atoms with E-state index in [0.29, 0.717) is 5.56 Å². The van der Waals surface area contributed by atoms with Gasteiger partial charge >= 0.3 is 0 Å². The van der Waals surface area contributed by atoms with Crippen LogP contribution in [0.15, 0.2) is 18.2 Å². The van der Waals surface area contributed by atoms with E-state index in [-0.39, 0.29) is 5.82 Å². The second-order valence-corrected chi connectivity index (χ2v) is 3.50. The molecule has 68 valence electrons. The van der Waals surface area contributed by atoms with Crippen molar-refractivity contribution >= 4 is 10.9 Å². The first-order chi connectivity index (χ1) is 6.09. The van der Waals surface area contributed by atoms with Gasteiger partial charge in [0.1, 0.15) is 5.82 Å². The summed E-state index contributed by atoms with van der Waals surface area (Å²) in [5, 5.41) is 1.11. The summed E-state index contributed by atoms with van der Waals surface area (Å²) >= 11 is 0. The van der Waals surface area contributed by atoms with Crippen LogP contribution < -0.4 is 0 Å². The van der Waals surface area contributed by atoms with E-state index in [4.69, 9.17) is 0 Å². The van der Waals surface area contributed by atoms with Crippen LogP contribution >= 0.6 is 0 Å². The van der Waals surface area contributed by atoms with Crippen molar-refractivity contribution in [2.24, 2.45) is 7.05 Å². The predicted molar refractivity (Wildman–Crippen MR) is 52.4 cm³/mol. The van der Waals surface area contributed by atoms with Gasteiger partial charge in [-0.3, -0.25) is 0 Å². The quantitative estimate of drug-likeness (QED) is 0.583. The zero-order valence-corrected chi connectivity index (χ0v) is 8.06. The SMILES string of the molecule is Cc1cc2cc(C)n(C)c2cc1F. The van der Waals surface area contributed by atoms with Gasteiger partial charge in [-0.1, -0.05) is 0 Å². The number of rotatable bonds is 0. The molecule has 0 aliphatic carbocycles. The average Bonchev–Trinajstić information content (AvgIpc) is 2.32. The molecule has 0 saturated carbocycles. The Morgan fingerprint density at radius 3 is 2.54 bits per heavy atom. The van der Waals surface area contributed by atoms with Crippen molar-refractivity contribution in [1.29, 1.82) is 0 Å². The summed E-state index contributed by atoms with van der Waals surface area (Å²) in [6, 6.07) is 5.55. The fourth-order valence-corrected chi connectivity index (χ4v) is 1.61. The molecule has 0 aliphatic heterocycles. The lowest BCUT2D eigenvalue weighted by Crippen LogP contribution is -1.90. The Balaban J connectivity index is 2.89. The molecule has 0 amide bonds. The molecular weight excluding hydrogens is 165 g/mol. The minimum atomic E-state index is -0.131. The van der Waals surface area contributed by atoms with E-state index in [1.54, 1.807) is 13.0 Å². The van der Waals surface area contributed by atoms with E-state index in [9.17, 15) is 4.39 Å². The maximum absolute atomic E-state index is 13.2. The highest BCUT2D eigenvalue weighted by atomic mass is 19.1. The van der Waals surface area contributed by atoms with Crippen LogP contribution in [-0.2, 0) is 7.05 Å². The van der Waals surface area contributed by atoms with Gasteiger partial charge in [0.05, 0.1) is 5.52 Å². The van der Waals surface area contributed by atoms with Gasteiger partial charge in [0, 0.05) is 18.1 Å². The fourth-order valence-electron chi connectivity index (χ4n) is 1.61. The summed E-state index contributed by atoms with van der Waals surface area (Å²) in [5.41, 5.74) is 2.82. The molecule has 2 rings (SSSR count). The van der Waals surface area contributed by atoms with Crippen LogP contribution in [0.5, 0.6) is 0 Å². The van der Waals surface area contributed by atoms with Gasteiger partial charge in [-0.2, -0.15) is 0 Å². The van der Waals surface area contributed by atoms with E-state index >= 15 is 0 Å². The van der Waals surface area contributed by atoms with Crippen LogP contribution in [0.1, 0.15) is 11.3 Å². The van der Waals surface area contributed by atoms with Gasteiger partial charge in [0.15, 0.2) is 0 Å². The first-order valence-corrected chi connectivity index (χ1v) is 4.32. The van der Waals surface area contributed by atoms with Crippen LogP contribution in [0.3, 0.4) is 0 Å². The molecule has 1 aromatic carbocycles. The zero-order valence-electron chi connectivity index (χ0n) is 8.06. The number of nitrogens with zero attached hydrogens (tertiary/aromatic N) is 1. The van der Waals surface area contributed by atoms with Crippen molar-refractivity contribution in [3.05, 3.63) is 35.3 Å². The van der Waals surface area contributed by atoms with Crippen molar-refractivity contribution in [2.45, 2.75) is 13.8 Å². The highest BCUT2D eigenvalue weighted by Crippen LogP contribution is 2.21. The molecule has 0 radical (unpaired) electrons. The van der Waals surface area contributed by atoms with Gasteiger partial charge in [-0.05, 0) is 37.6 Å². The molecule has 0 N–H and O–H groups in total. The van der Waals surface area contributed by atoms with Gasteiger partial charge < -0.3 is 4.57 Å².